The number of nitrogens with one attached hydrogen (secondary N) is 1. The first-order chi connectivity index (χ1) is 14.1. The summed E-state index contributed by atoms with van der Waals surface area (Å²) in [6.45, 7) is 0. The molecular formula is C23H17FN2O3. The Morgan fingerprint density at radius 2 is 1.76 bits per heavy atom. The third kappa shape index (κ3) is 4.01. The van der Waals surface area contributed by atoms with E-state index in [0.717, 1.165) is 16.3 Å². The van der Waals surface area contributed by atoms with Gasteiger partial charge in [-0.1, -0.05) is 24.3 Å². The van der Waals surface area contributed by atoms with Crippen LogP contribution in [0.5, 0.6) is 5.75 Å². The summed E-state index contributed by atoms with van der Waals surface area (Å²) in [6, 6.07) is 20.7. The van der Waals surface area contributed by atoms with Crippen LogP contribution in [0.2, 0.25) is 0 Å². The predicted molar refractivity (Wildman–Crippen MR) is 110 cm³/mol. The molecule has 0 radical (unpaired) electrons. The summed E-state index contributed by atoms with van der Waals surface area (Å²) in [5.74, 6) is 0.792. The molecule has 1 aromatic heterocycles. The number of methoxy groups -OCH3 is 1. The van der Waals surface area contributed by atoms with Crippen LogP contribution < -0.4 is 10.2 Å². The van der Waals surface area contributed by atoms with E-state index in [0.29, 0.717) is 22.8 Å². The molecule has 0 aliphatic heterocycles. The lowest BCUT2D eigenvalue weighted by atomic mass is 10.1. The molecule has 0 spiro atoms. The van der Waals surface area contributed by atoms with Crippen LogP contribution in [0.3, 0.4) is 0 Å². The number of hydrazone groups is 1. The van der Waals surface area contributed by atoms with Gasteiger partial charge in [0.25, 0.3) is 5.91 Å². The first-order valence-electron chi connectivity index (χ1n) is 8.90. The number of rotatable bonds is 5. The van der Waals surface area contributed by atoms with Gasteiger partial charge in [-0.15, -0.1) is 0 Å². The Labute approximate surface area is 166 Å². The van der Waals surface area contributed by atoms with Gasteiger partial charge in [-0.25, -0.2) is 9.82 Å². The average molecular weight is 388 g/mol. The van der Waals surface area contributed by atoms with Crippen molar-refractivity contribution in [2.24, 2.45) is 5.10 Å². The summed E-state index contributed by atoms with van der Waals surface area (Å²) in [5.41, 5.74) is 3.61. The van der Waals surface area contributed by atoms with Crippen LogP contribution in [0.4, 0.5) is 4.39 Å². The van der Waals surface area contributed by atoms with Gasteiger partial charge in [-0.3, -0.25) is 4.79 Å². The van der Waals surface area contributed by atoms with Gasteiger partial charge in [0.1, 0.15) is 23.1 Å². The van der Waals surface area contributed by atoms with E-state index in [1.54, 1.807) is 30.3 Å². The minimum Gasteiger partial charge on any atom is -0.496 e. The zero-order valence-electron chi connectivity index (χ0n) is 15.6. The van der Waals surface area contributed by atoms with E-state index in [1.165, 1.54) is 25.5 Å². The molecule has 4 rings (SSSR count). The molecule has 3 aromatic carbocycles. The highest BCUT2D eigenvalue weighted by molar-refractivity contribution is 6.01. The first kappa shape index (κ1) is 18.4. The zero-order valence-corrected chi connectivity index (χ0v) is 15.6. The largest absolute Gasteiger partial charge is 0.496 e. The molecule has 4 aromatic rings. The van der Waals surface area contributed by atoms with Crippen LogP contribution in [-0.4, -0.2) is 19.2 Å². The van der Waals surface area contributed by atoms with Crippen LogP contribution in [0.15, 0.2) is 82.3 Å². The van der Waals surface area contributed by atoms with Crippen LogP contribution in [0, 0.1) is 5.82 Å². The van der Waals surface area contributed by atoms with Gasteiger partial charge in [0, 0.05) is 5.56 Å². The lowest BCUT2D eigenvalue weighted by molar-refractivity contribution is 0.0952. The molecule has 0 fully saturated rings. The summed E-state index contributed by atoms with van der Waals surface area (Å²) < 4.78 is 24.0. The van der Waals surface area contributed by atoms with Crippen molar-refractivity contribution in [1.82, 2.24) is 5.43 Å². The highest BCUT2D eigenvalue weighted by atomic mass is 19.1. The first-order valence-corrected chi connectivity index (χ1v) is 8.90. The Morgan fingerprint density at radius 1 is 1.03 bits per heavy atom. The molecule has 1 N–H and O–H groups in total. The van der Waals surface area contributed by atoms with Crippen molar-refractivity contribution < 1.29 is 18.3 Å². The van der Waals surface area contributed by atoms with Crippen LogP contribution in [0.25, 0.3) is 22.1 Å². The van der Waals surface area contributed by atoms with Gasteiger partial charge in [0.05, 0.1) is 18.9 Å². The van der Waals surface area contributed by atoms with E-state index in [4.69, 9.17) is 9.15 Å². The number of nitrogens with zero attached hydrogens (tertiary/aromatic N) is 1. The van der Waals surface area contributed by atoms with Gasteiger partial charge in [0.2, 0.25) is 0 Å². The quantitative estimate of drug-likeness (QED) is 0.386. The normalized spacial score (nSPS) is 11.1. The molecule has 0 saturated heterocycles. The molecule has 6 heteroatoms. The van der Waals surface area contributed by atoms with Gasteiger partial charge in [0.15, 0.2) is 0 Å². The number of carbonyl (C=O) groups is 1. The lowest BCUT2D eigenvalue weighted by Crippen LogP contribution is -2.18. The number of hydrogen-bond acceptors (Lipinski definition) is 4. The molecule has 0 aliphatic rings. The lowest BCUT2D eigenvalue weighted by Gasteiger charge is -2.09. The number of halogens is 1. The number of amides is 1. The average Bonchev–Trinajstić information content (AvgIpc) is 3.22. The number of hydrogen-bond donors (Lipinski definition) is 1. The Hall–Kier alpha value is -3.93. The van der Waals surface area contributed by atoms with E-state index in [2.05, 4.69) is 10.5 Å². The SMILES string of the molecule is COc1cc2ccccc2cc1C(=O)N/N=C\c1ccc(-c2ccc(F)cc2)o1. The molecule has 1 amide bonds. The van der Waals surface area contributed by atoms with Crippen LogP contribution in [-0.2, 0) is 0 Å². The molecule has 0 unspecified atom stereocenters. The van der Waals surface area contributed by atoms with Crippen molar-refractivity contribution in [2.45, 2.75) is 0 Å². The molecule has 5 nitrogen and oxygen atoms in total. The number of fused-ring (bicyclic) bond motifs is 1. The van der Waals surface area contributed by atoms with E-state index in [1.807, 2.05) is 30.3 Å². The minimum absolute atomic E-state index is 0.311. The van der Waals surface area contributed by atoms with Gasteiger partial charge in [-0.2, -0.15) is 5.10 Å². The molecule has 0 atom stereocenters. The highest BCUT2D eigenvalue weighted by Crippen LogP contribution is 2.26. The van der Waals surface area contributed by atoms with E-state index in [9.17, 15) is 9.18 Å². The minimum atomic E-state index is -0.394. The fourth-order valence-corrected chi connectivity index (χ4v) is 2.97. The van der Waals surface area contributed by atoms with Crippen molar-refractivity contribution in [2.75, 3.05) is 7.11 Å². The van der Waals surface area contributed by atoms with Crippen molar-refractivity contribution in [1.29, 1.82) is 0 Å². The maximum atomic E-state index is 13.0. The zero-order chi connectivity index (χ0) is 20.2. The molecule has 144 valence electrons. The second kappa shape index (κ2) is 7.98. The van der Waals surface area contributed by atoms with Crippen molar-refractivity contribution in [3.63, 3.8) is 0 Å². The second-order valence-electron chi connectivity index (χ2n) is 6.31. The molecule has 1 heterocycles. The van der Waals surface area contributed by atoms with Crippen LogP contribution >= 0.6 is 0 Å². The molecule has 0 aliphatic carbocycles. The van der Waals surface area contributed by atoms with Crippen molar-refractivity contribution >= 4 is 22.9 Å². The smallest absolute Gasteiger partial charge is 0.275 e. The fraction of sp³-hybridized carbons (Fsp3) is 0.0435. The summed E-state index contributed by atoms with van der Waals surface area (Å²) in [6.07, 6.45) is 1.40. The molecular weight excluding hydrogens is 371 g/mol. The Kier molecular flexibility index (Phi) is 5.07. The van der Waals surface area contributed by atoms with Gasteiger partial charge >= 0.3 is 0 Å². The predicted octanol–water partition coefficient (Wildman–Crippen LogP) is 5.01. The van der Waals surface area contributed by atoms with Crippen LogP contribution in [0.1, 0.15) is 16.1 Å². The van der Waals surface area contributed by atoms with Crippen molar-refractivity contribution in [3.05, 3.63) is 89.9 Å². The summed E-state index contributed by atoms with van der Waals surface area (Å²) in [4.78, 5) is 12.5. The summed E-state index contributed by atoms with van der Waals surface area (Å²) in [7, 11) is 1.52. The fourth-order valence-electron chi connectivity index (χ4n) is 2.97. The summed E-state index contributed by atoms with van der Waals surface area (Å²) in [5, 5.41) is 5.87. The number of ether oxygens (including phenoxy) is 1. The Morgan fingerprint density at radius 3 is 2.48 bits per heavy atom. The maximum Gasteiger partial charge on any atom is 0.275 e. The van der Waals surface area contributed by atoms with Crippen molar-refractivity contribution in [3.8, 4) is 17.1 Å². The molecule has 0 bridgehead atoms. The second-order valence-corrected chi connectivity index (χ2v) is 6.31. The van der Waals surface area contributed by atoms with E-state index >= 15 is 0 Å². The Bertz CT molecular complexity index is 1200. The molecule has 29 heavy (non-hydrogen) atoms. The van der Waals surface area contributed by atoms with E-state index < -0.39 is 5.91 Å². The summed E-state index contributed by atoms with van der Waals surface area (Å²) >= 11 is 0. The number of carbonyl (C=O) groups excluding carboxylic acids is 1. The molecule has 0 saturated carbocycles. The third-order valence-electron chi connectivity index (χ3n) is 4.43. The highest BCUT2D eigenvalue weighted by Gasteiger charge is 2.13. The standard InChI is InChI=1S/C23H17FN2O3/c1-28-22-13-17-5-3-2-4-16(17)12-20(22)23(27)26-25-14-19-10-11-21(29-19)15-6-8-18(24)9-7-15/h2-14H,1H3,(H,26,27)/b25-14-. The van der Waals surface area contributed by atoms with Gasteiger partial charge < -0.3 is 9.15 Å². The third-order valence-corrected chi connectivity index (χ3v) is 4.43. The van der Waals surface area contributed by atoms with E-state index in [-0.39, 0.29) is 5.82 Å². The monoisotopic (exact) mass is 388 g/mol. The number of benzene rings is 3. The topological polar surface area (TPSA) is 63.8 Å². The van der Waals surface area contributed by atoms with Gasteiger partial charge in [-0.05, 0) is 59.3 Å². The maximum absolute atomic E-state index is 13.0. The number of furan rings is 1. The Balaban J connectivity index is 1.49.